The van der Waals surface area contributed by atoms with Crippen molar-refractivity contribution in [2.75, 3.05) is 23.4 Å². The number of halogens is 2. The molecule has 1 amide bonds. The number of aromatic carboxylic acids is 1. The Balaban J connectivity index is 2.23. The van der Waals surface area contributed by atoms with Crippen LogP contribution in [0.5, 0.6) is 0 Å². The zero-order valence-corrected chi connectivity index (χ0v) is 12.6. The maximum absolute atomic E-state index is 12.1. The number of carbonyl (C=O) groups is 2. The van der Waals surface area contributed by atoms with Gasteiger partial charge in [0.25, 0.3) is 0 Å². The number of hydrogen-bond acceptors (Lipinski definition) is 4. The van der Waals surface area contributed by atoms with Crippen molar-refractivity contribution >= 4 is 52.5 Å². The summed E-state index contributed by atoms with van der Waals surface area (Å²) in [5.74, 6) is 0.0882. The zero-order chi connectivity index (χ0) is 14.7. The van der Waals surface area contributed by atoms with Crippen LogP contribution in [0.25, 0.3) is 0 Å². The van der Waals surface area contributed by atoms with E-state index in [0.717, 1.165) is 12.3 Å². The van der Waals surface area contributed by atoms with Crippen molar-refractivity contribution in [2.24, 2.45) is 0 Å². The van der Waals surface area contributed by atoms with Gasteiger partial charge in [0.1, 0.15) is 0 Å². The second-order valence-electron chi connectivity index (χ2n) is 4.19. The molecular formula is C12H12Cl2N2O3S. The lowest BCUT2D eigenvalue weighted by molar-refractivity contribution is -0.117. The maximum atomic E-state index is 12.1. The summed E-state index contributed by atoms with van der Waals surface area (Å²) in [6.45, 7) is 0.739. The lowest BCUT2D eigenvalue weighted by atomic mass is 10.1. The first-order valence-corrected chi connectivity index (χ1v) is 7.74. The van der Waals surface area contributed by atoms with Gasteiger partial charge < -0.3 is 15.7 Å². The highest BCUT2D eigenvalue weighted by Gasteiger charge is 2.24. The molecule has 5 nitrogen and oxygen atoms in total. The Kier molecular flexibility index (Phi) is 5.15. The lowest BCUT2D eigenvalue weighted by Crippen LogP contribution is -2.46. The summed E-state index contributed by atoms with van der Waals surface area (Å²) in [6, 6.07) is 2.30. The Bertz CT molecular complexity index is 548. The Hall–Kier alpha value is -0.950. The predicted octanol–water partition coefficient (Wildman–Crippen LogP) is 2.34. The summed E-state index contributed by atoms with van der Waals surface area (Å²) in [5.41, 5.74) is -0.0507. The quantitative estimate of drug-likeness (QED) is 0.790. The predicted molar refractivity (Wildman–Crippen MR) is 81.2 cm³/mol. The van der Waals surface area contributed by atoms with E-state index in [1.165, 1.54) is 12.1 Å². The third-order valence-corrected chi connectivity index (χ3v) is 4.35. The molecule has 1 aromatic carbocycles. The second kappa shape index (κ2) is 6.67. The number of rotatable bonds is 3. The van der Waals surface area contributed by atoms with E-state index < -0.39 is 5.97 Å². The average molecular weight is 335 g/mol. The van der Waals surface area contributed by atoms with Crippen LogP contribution in [0.2, 0.25) is 10.0 Å². The van der Waals surface area contributed by atoms with E-state index in [0.29, 0.717) is 5.75 Å². The normalized spacial score (nSPS) is 18.6. The van der Waals surface area contributed by atoms with Gasteiger partial charge in [-0.2, -0.15) is 11.8 Å². The number of hydrogen-bond donors (Lipinski definition) is 3. The van der Waals surface area contributed by atoms with Crippen LogP contribution in [-0.2, 0) is 4.79 Å². The van der Waals surface area contributed by atoms with Gasteiger partial charge in [0.2, 0.25) is 5.91 Å². The summed E-state index contributed by atoms with van der Waals surface area (Å²) in [7, 11) is 0. The van der Waals surface area contributed by atoms with Gasteiger partial charge in [-0.05, 0) is 12.1 Å². The number of amides is 1. The van der Waals surface area contributed by atoms with Crippen molar-refractivity contribution in [3.8, 4) is 0 Å². The third kappa shape index (κ3) is 3.58. The Morgan fingerprint density at radius 2 is 2.15 bits per heavy atom. The van der Waals surface area contributed by atoms with Crippen molar-refractivity contribution in [3.05, 3.63) is 27.7 Å². The van der Waals surface area contributed by atoms with Crippen LogP contribution < -0.4 is 10.6 Å². The first-order chi connectivity index (χ1) is 9.49. The number of carboxylic acid groups (broad SMARTS) is 1. The van der Waals surface area contributed by atoms with E-state index in [4.69, 9.17) is 28.3 Å². The largest absolute Gasteiger partial charge is 0.478 e. The molecule has 1 saturated heterocycles. The molecule has 1 aliphatic heterocycles. The van der Waals surface area contributed by atoms with Gasteiger partial charge in [-0.15, -0.1) is 0 Å². The van der Waals surface area contributed by atoms with Crippen molar-refractivity contribution in [1.82, 2.24) is 5.32 Å². The van der Waals surface area contributed by atoms with Gasteiger partial charge in [0.05, 0.1) is 22.3 Å². The first-order valence-electron chi connectivity index (χ1n) is 5.83. The van der Waals surface area contributed by atoms with Crippen LogP contribution in [0.1, 0.15) is 10.4 Å². The summed E-state index contributed by atoms with van der Waals surface area (Å²) < 4.78 is 0. The SMILES string of the molecule is O=C(O)c1cc(Cl)cc(Cl)c1NC(=O)C1CSCCN1. The molecule has 0 saturated carbocycles. The third-order valence-electron chi connectivity index (χ3n) is 2.77. The van der Waals surface area contributed by atoms with Gasteiger partial charge in [-0.3, -0.25) is 4.79 Å². The molecule has 0 spiro atoms. The fraction of sp³-hybridized carbons (Fsp3) is 0.333. The van der Waals surface area contributed by atoms with E-state index >= 15 is 0 Å². The van der Waals surface area contributed by atoms with Gasteiger partial charge in [0, 0.05) is 23.1 Å². The van der Waals surface area contributed by atoms with E-state index in [1.807, 2.05) is 0 Å². The fourth-order valence-corrected chi connectivity index (χ4v) is 3.29. The van der Waals surface area contributed by atoms with Gasteiger partial charge >= 0.3 is 5.97 Å². The lowest BCUT2D eigenvalue weighted by Gasteiger charge is -2.23. The first kappa shape index (κ1) is 15.4. The highest BCUT2D eigenvalue weighted by Crippen LogP contribution is 2.30. The number of carboxylic acids is 1. The van der Waals surface area contributed by atoms with Gasteiger partial charge in [-0.25, -0.2) is 4.79 Å². The van der Waals surface area contributed by atoms with Crippen LogP contribution in [0.4, 0.5) is 5.69 Å². The van der Waals surface area contributed by atoms with E-state index in [1.54, 1.807) is 11.8 Å². The van der Waals surface area contributed by atoms with Crippen LogP contribution in [-0.4, -0.2) is 41.1 Å². The molecule has 1 heterocycles. The Labute approximate surface area is 130 Å². The molecule has 1 aromatic rings. The molecule has 108 valence electrons. The van der Waals surface area contributed by atoms with Crippen molar-refractivity contribution in [3.63, 3.8) is 0 Å². The zero-order valence-electron chi connectivity index (χ0n) is 10.3. The maximum Gasteiger partial charge on any atom is 0.337 e. The van der Waals surface area contributed by atoms with E-state index in [2.05, 4.69) is 10.6 Å². The fourth-order valence-electron chi connectivity index (χ4n) is 1.81. The second-order valence-corrected chi connectivity index (χ2v) is 6.18. The molecule has 2 rings (SSSR count). The standard InChI is InChI=1S/C12H12Cl2N2O3S/c13-6-3-7(12(18)19)10(8(14)4-6)16-11(17)9-5-20-2-1-15-9/h3-4,9,15H,1-2,5H2,(H,16,17)(H,18,19). The van der Waals surface area contributed by atoms with Crippen molar-refractivity contribution in [1.29, 1.82) is 0 Å². The molecule has 1 unspecified atom stereocenters. The average Bonchev–Trinajstić information content (AvgIpc) is 2.42. The van der Waals surface area contributed by atoms with Crippen LogP contribution in [0.15, 0.2) is 12.1 Å². The summed E-state index contributed by atoms with van der Waals surface area (Å²) in [6.07, 6.45) is 0. The molecule has 20 heavy (non-hydrogen) atoms. The molecule has 1 fully saturated rings. The molecular weight excluding hydrogens is 323 g/mol. The molecule has 0 aromatic heterocycles. The number of nitrogens with one attached hydrogen (secondary N) is 2. The summed E-state index contributed by atoms with van der Waals surface area (Å²) in [5, 5.41) is 15.1. The van der Waals surface area contributed by atoms with Crippen LogP contribution >= 0.6 is 35.0 Å². The van der Waals surface area contributed by atoms with Crippen LogP contribution in [0, 0.1) is 0 Å². The minimum Gasteiger partial charge on any atom is -0.478 e. The molecule has 0 bridgehead atoms. The monoisotopic (exact) mass is 334 g/mol. The van der Waals surface area contributed by atoms with E-state index in [9.17, 15) is 9.59 Å². The Morgan fingerprint density at radius 3 is 2.75 bits per heavy atom. The van der Waals surface area contributed by atoms with Crippen molar-refractivity contribution < 1.29 is 14.7 Å². The van der Waals surface area contributed by atoms with Gasteiger partial charge in [-0.1, -0.05) is 23.2 Å². The molecule has 8 heteroatoms. The topological polar surface area (TPSA) is 78.4 Å². The molecule has 3 N–H and O–H groups in total. The number of benzene rings is 1. The minimum absolute atomic E-state index is 0.0749. The molecule has 0 radical (unpaired) electrons. The highest BCUT2D eigenvalue weighted by atomic mass is 35.5. The van der Waals surface area contributed by atoms with Crippen molar-refractivity contribution in [2.45, 2.75) is 6.04 Å². The van der Waals surface area contributed by atoms with E-state index in [-0.39, 0.29) is 33.2 Å². The minimum atomic E-state index is -1.20. The molecule has 1 atom stereocenters. The number of anilines is 1. The highest BCUT2D eigenvalue weighted by molar-refractivity contribution is 7.99. The Morgan fingerprint density at radius 1 is 1.40 bits per heavy atom. The number of carbonyl (C=O) groups excluding carboxylic acids is 1. The van der Waals surface area contributed by atoms with Gasteiger partial charge in [0.15, 0.2) is 0 Å². The summed E-state index contributed by atoms with van der Waals surface area (Å²) >= 11 is 13.4. The van der Waals surface area contributed by atoms with Crippen LogP contribution in [0.3, 0.4) is 0 Å². The number of thioether (sulfide) groups is 1. The summed E-state index contributed by atoms with van der Waals surface area (Å²) in [4.78, 5) is 23.3. The molecule has 0 aliphatic carbocycles. The molecule has 1 aliphatic rings. The smallest absolute Gasteiger partial charge is 0.337 e.